The van der Waals surface area contributed by atoms with Crippen LogP contribution in [-0.2, 0) is 4.79 Å². The largest absolute Gasteiger partial charge is 0.480 e. The van der Waals surface area contributed by atoms with E-state index in [2.05, 4.69) is 5.32 Å². The van der Waals surface area contributed by atoms with Crippen molar-refractivity contribution in [3.63, 3.8) is 0 Å². The zero-order valence-corrected chi connectivity index (χ0v) is 10.9. The second-order valence-electron chi connectivity index (χ2n) is 5.22. The SMILES string of the molecule is CC(NC1(C(=O)O)CCCCC1)c1ccccc1. The first-order valence-corrected chi connectivity index (χ1v) is 6.70. The third-order valence-corrected chi connectivity index (χ3v) is 3.91. The molecule has 1 aliphatic carbocycles. The Hall–Kier alpha value is -1.35. The van der Waals surface area contributed by atoms with Crippen LogP contribution in [0.25, 0.3) is 0 Å². The third-order valence-electron chi connectivity index (χ3n) is 3.91. The molecule has 0 bridgehead atoms. The molecule has 0 aliphatic heterocycles. The summed E-state index contributed by atoms with van der Waals surface area (Å²) < 4.78 is 0. The molecule has 1 saturated carbocycles. The van der Waals surface area contributed by atoms with Gasteiger partial charge in [-0.05, 0) is 25.3 Å². The lowest BCUT2D eigenvalue weighted by atomic mass is 9.81. The van der Waals surface area contributed by atoms with E-state index in [0.29, 0.717) is 0 Å². The highest BCUT2D eigenvalue weighted by atomic mass is 16.4. The standard InChI is InChI=1S/C15H21NO2/c1-12(13-8-4-2-5-9-13)16-15(14(17)18)10-6-3-7-11-15/h2,4-5,8-9,12,16H,3,6-7,10-11H2,1H3,(H,17,18). The van der Waals surface area contributed by atoms with Crippen molar-refractivity contribution in [1.29, 1.82) is 0 Å². The van der Waals surface area contributed by atoms with E-state index in [4.69, 9.17) is 0 Å². The van der Waals surface area contributed by atoms with Gasteiger partial charge in [-0.15, -0.1) is 0 Å². The van der Waals surface area contributed by atoms with Gasteiger partial charge in [-0.1, -0.05) is 49.6 Å². The molecule has 18 heavy (non-hydrogen) atoms. The first kappa shape index (κ1) is 13.1. The fraction of sp³-hybridized carbons (Fsp3) is 0.533. The fourth-order valence-electron chi connectivity index (χ4n) is 2.81. The van der Waals surface area contributed by atoms with E-state index in [9.17, 15) is 9.90 Å². The molecule has 1 aromatic carbocycles. The van der Waals surface area contributed by atoms with Gasteiger partial charge in [-0.25, -0.2) is 0 Å². The summed E-state index contributed by atoms with van der Waals surface area (Å²) >= 11 is 0. The average Bonchev–Trinajstić information content (AvgIpc) is 2.40. The molecule has 98 valence electrons. The molecule has 0 aromatic heterocycles. The fourth-order valence-corrected chi connectivity index (χ4v) is 2.81. The Morgan fingerprint density at radius 1 is 1.22 bits per heavy atom. The van der Waals surface area contributed by atoms with Crippen molar-refractivity contribution in [2.75, 3.05) is 0 Å². The molecule has 0 saturated heterocycles. The molecule has 0 amide bonds. The highest BCUT2D eigenvalue weighted by Crippen LogP contribution is 2.31. The quantitative estimate of drug-likeness (QED) is 0.859. The van der Waals surface area contributed by atoms with Gasteiger partial charge in [0.1, 0.15) is 5.54 Å². The predicted molar refractivity (Wildman–Crippen MR) is 71.4 cm³/mol. The maximum Gasteiger partial charge on any atom is 0.323 e. The van der Waals surface area contributed by atoms with Crippen molar-refractivity contribution >= 4 is 5.97 Å². The molecule has 3 heteroatoms. The summed E-state index contributed by atoms with van der Waals surface area (Å²) in [5.74, 6) is -0.704. The first-order chi connectivity index (χ1) is 8.64. The third kappa shape index (κ3) is 2.72. The normalized spacial score (nSPS) is 20.3. The lowest BCUT2D eigenvalue weighted by Gasteiger charge is -2.36. The van der Waals surface area contributed by atoms with Crippen molar-refractivity contribution in [2.45, 2.75) is 50.6 Å². The summed E-state index contributed by atoms with van der Waals surface area (Å²) in [5, 5.41) is 12.9. The second kappa shape index (κ2) is 5.53. The van der Waals surface area contributed by atoms with Crippen molar-refractivity contribution in [3.05, 3.63) is 35.9 Å². The molecule has 1 fully saturated rings. The van der Waals surface area contributed by atoms with Crippen molar-refractivity contribution < 1.29 is 9.90 Å². The van der Waals surface area contributed by atoms with Crippen LogP contribution in [-0.4, -0.2) is 16.6 Å². The van der Waals surface area contributed by atoms with Crippen LogP contribution in [0.15, 0.2) is 30.3 Å². The lowest BCUT2D eigenvalue weighted by Crippen LogP contribution is -2.54. The number of carbonyl (C=O) groups is 1. The molecule has 1 atom stereocenters. The van der Waals surface area contributed by atoms with Gasteiger partial charge < -0.3 is 5.11 Å². The Labute approximate surface area is 108 Å². The number of carboxylic acid groups (broad SMARTS) is 1. The minimum Gasteiger partial charge on any atom is -0.480 e. The zero-order chi connectivity index (χ0) is 13.0. The van der Waals surface area contributed by atoms with E-state index in [1.807, 2.05) is 37.3 Å². The highest BCUT2D eigenvalue weighted by molar-refractivity contribution is 5.79. The lowest BCUT2D eigenvalue weighted by molar-refractivity contribution is -0.146. The average molecular weight is 247 g/mol. The molecule has 1 aliphatic rings. The summed E-state index contributed by atoms with van der Waals surface area (Å²) in [6.07, 6.45) is 4.62. The molecule has 1 unspecified atom stereocenters. The van der Waals surface area contributed by atoms with E-state index >= 15 is 0 Å². The van der Waals surface area contributed by atoms with E-state index in [-0.39, 0.29) is 6.04 Å². The molecule has 0 radical (unpaired) electrons. The Balaban J connectivity index is 2.12. The molecule has 1 aromatic rings. The topological polar surface area (TPSA) is 49.3 Å². The molecule has 2 N–H and O–H groups in total. The minimum atomic E-state index is -0.729. The van der Waals surface area contributed by atoms with Crippen LogP contribution in [0, 0.1) is 0 Å². The number of nitrogens with one attached hydrogen (secondary N) is 1. The van der Waals surface area contributed by atoms with Gasteiger partial charge in [0.15, 0.2) is 0 Å². The van der Waals surface area contributed by atoms with Crippen LogP contribution in [0.1, 0.15) is 50.6 Å². The highest BCUT2D eigenvalue weighted by Gasteiger charge is 2.40. The Morgan fingerprint density at radius 2 is 1.83 bits per heavy atom. The first-order valence-electron chi connectivity index (χ1n) is 6.70. The number of carboxylic acids is 1. The molecule has 0 heterocycles. The predicted octanol–water partition coefficient (Wildman–Crippen LogP) is 3.12. The Bertz CT molecular complexity index is 396. The minimum absolute atomic E-state index is 0.0698. The van der Waals surface area contributed by atoms with Gasteiger partial charge in [0, 0.05) is 6.04 Å². The number of aliphatic carboxylic acids is 1. The van der Waals surface area contributed by atoms with Crippen LogP contribution >= 0.6 is 0 Å². The second-order valence-corrected chi connectivity index (χ2v) is 5.22. The van der Waals surface area contributed by atoms with E-state index < -0.39 is 11.5 Å². The van der Waals surface area contributed by atoms with Crippen LogP contribution < -0.4 is 5.32 Å². The molecule has 2 rings (SSSR count). The summed E-state index contributed by atoms with van der Waals surface area (Å²) in [7, 11) is 0. The number of hydrogen-bond donors (Lipinski definition) is 2. The maximum absolute atomic E-state index is 11.6. The Kier molecular flexibility index (Phi) is 4.02. The summed E-state index contributed by atoms with van der Waals surface area (Å²) in [5.41, 5.74) is 0.414. The maximum atomic E-state index is 11.6. The van der Waals surface area contributed by atoms with E-state index in [1.165, 1.54) is 0 Å². The van der Waals surface area contributed by atoms with Gasteiger partial charge in [0.25, 0.3) is 0 Å². The van der Waals surface area contributed by atoms with E-state index in [1.54, 1.807) is 0 Å². The van der Waals surface area contributed by atoms with Crippen LogP contribution in [0.2, 0.25) is 0 Å². The van der Waals surface area contributed by atoms with E-state index in [0.717, 1.165) is 37.7 Å². The summed E-state index contributed by atoms with van der Waals surface area (Å²) in [6, 6.07) is 10.1. The zero-order valence-electron chi connectivity index (χ0n) is 10.9. The number of rotatable bonds is 4. The molecular weight excluding hydrogens is 226 g/mol. The van der Waals surface area contributed by atoms with Crippen LogP contribution in [0.5, 0.6) is 0 Å². The Morgan fingerprint density at radius 3 is 2.39 bits per heavy atom. The van der Waals surface area contributed by atoms with Gasteiger partial charge in [0.05, 0.1) is 0 Å². The molecule has 3 nitrogen and oxygen atoms in total. The monoisotopic (exact) mass is 247 g/mol. The van der Waals surface area contributed by atoms with Crippen molar-refractivity contribution in [1.82, 2.24) is 5.32 Å². The summed E-state index contributed by atoms with van der Waals surface area (Å²) in [4.78, 5) is 11.6. The van der Waals surface area contributed by atoms with Gasteiger partial charge in [0.2, 0.25) is 0 Å². The van der Waals surface area contributed by atoms with Crippen molar-refractivity contribution in [2.24, 2.45) is 0 Å². The molecular formula is C15H21NO2. The van der Waals surface area contributed by atoms with Gasteiger partial charge >= 0.3 is 5.97 Å². The molecule has 0 spiro atoms. The number of hydrogen-bond acceptors (Lipinski definition) is 2. The smallest absolute Gasteiger partial charge is 0.323 e. The van der Waals surface area contributed by atoms with Crippen molar-refractivity contribution in [3.8, 4) is 0 Å². The van der Waals surface area contributed by atoms with Gasteiger partial charge in [-0.2, -0.15) is 0 Å². The summed E-state index contributed by atoms with van der Waals surface area (Å²) in [6.45, 7) is 2.04. The van der Waals surface area contributed by atoms with Crippen LogP contribution in [0.3, 0.4) is 0 Å². The van der Waals surface area contributed by atoms with Crippen LogP contribution in [0.4, 0.5) is 0 Å². The number of benzene rings is 1. The van der Waals surface area contributed by atoms with Gasteiger partial charge in [-0.3, -0.25) is 10.1 Å².